The molecule has 0 radical (unpaired) electrons. The molecule has 1 amide bonds. The molecule has 3 heteroatoms. The van der Waals surface area contributed by atoms with Gasteiger partial charge in [-0.1, -0.05) is 19.1 Å². The molecule has 0 rings (SSSR count). The van der Waals surface area contributed by atoms with Gasteiger partial charge in [0.1, 0.15) is 6.42 Å². The van der Waals surface area contributed by atoms with Crippen molar-refractivity contribution in [2.45, 2.75) is 19.8 Å². The summed E-state index contributed by atoms with van der Waals surface area (Å²) in [4.78, 5) is 10.6. The summed E-state index contributed by atoms with van der Waals surface area (Å²) in [5, 5.41) is 10.7. The molecule has 0 atom stereocenters. The normalized spacial score (nSPS) is 9.45. The van der Waals surface area contributed by atoms with Crippen molar-refractivity contribution in [2.24, 2.45) is 0 Å². The summed E-state index contributed by atoms with van der Waals surface area (Å²) in [7, 11) is 0. The lowest BCUT2D eigenvalue weighted by Gasteiger charge is -1.95. The number of carbonyl (C=O) groups is 1. The van der Waals surface area contributed by atoms with Crippen molar-refractivity contribution < 1.29 is 4.79 Å². The fourth-order valence-corrected chi connectivity index (χ4v) is 0.557. The van der Waals surface area contributed by atoms with Crippen molar-refractivity contribution in [1.82, 2.24) is 5.32 Å². The van der Waals surface area contributed by atoms with Crippen LogP contribution in [0.25, 0.3) is 0 Å². The molecule has 3 nitrogen and oxygen atoms in total. The van der Waals surface area contributed by atoms with Crippen LogP contribution in [0.2, 0.25) is 0 Å². The van der Waals surface area contributed by atoms with E-state index in [2.05, 4.69) is 5.32 Å². The molecule has 0 aliphatic rings. The van der Waals surface area contributed by atoms with Gasteiger partial charge >= 0.3 is 0 Å². The van der Waals surface area contributed by atoms with E-state index in [1.165, 1.54) is 0 Å². The number of amides is 1. The molecule has 0 saturated carbocycles. The van der Waals surface area contributed by atoms with Crippen LogP contribution in [0.4, 0.5) is 0 Å². The number of carbonyl (C=O) groups excluding carboxylic acids is 1. The van der Waals surface area contributed by atoms with E-state index in [4.69, 9.17) is 5.26 Å². The third kappa shape index (κ3) is 6.59. The Labute approximate surface area is 66.7 Å². The number of allylic oxidation sites excluding steroid dienone is 1. The van der Waals surface area contributed by atoms with Crippen LogP contribution >= 0.6 is 0 Å². The summed E-state index contributed by atoms with van der Waals surface area (Å²) in [6, 6.07) is 1.77. The van der Waals surface area contributed by atoms with Gasteiger partial charge in [-0.3, -0.25) is 4.79 Å². The molecular formula is C8H12N2O. The largest absolute Gasteiger partial charge is 0.352 e. The standard InChI is InChI=1S/C8H12N2O/c1-2-3-4-7-10-8(11)5-6-9/h3-4H,2,5,7H2,1H3,(H,10,11)/b4-3+. The lowest BCUT2D eigenvalue weighted by atomic mass is 10.4. The van der Waals surface area contributed by atoms with Gasteiger partial charge < -0.3 is 5.32 Å². The minimum atomic E-state index is -0.215. The SMILES string of the molecule is CC/C=C/CNC(=O)CC#N. The Morgan fingerprint density at radius 2 is 2.36 bits per heavy atom. The van der Waals surface area contributed by atoms with Gasteiger partial charge in [0.2, 0.25) is 5.91 Å². The number of rotatable bonds is 4. The van der Waals surface area contributed by atoms with Gasteiger partial charge in [0.15, 0.2) is 0 Å². The Morgan fingerprint density at radius 3 is 2.91 bits per heavy atom. The number of nitrogens with one attached hydrogen (secondary N) is 1. The first-order valence-corrected chi connectivity index (χ1v) is 3.60. The lowest BCUT2D eigenvalue weighted by Crippen LogP contribution is -2.22. The zero-order chi connectivity index (χ0) is 8.53. The Kier molecular flexibility index (Phi) is 6.01. The molecule has 0 fully saturated rings. The molecule has 11 heavy (non-hydrogen) atoms. The van der Waals surface area contributed by atoms with Gasteiger partial charge in [-0.2, -0.15) is 5.26 Å². The first-order valence-electron chi connectivity index (χ1n) is 3.60. The predicted octanol–water partition coefficient (Wildman–Crippen LogP) is 0.982. The van der Waals surface area contributed by atoms with Crippen molar-refractivity contribution in [2.75, 3.05) is 6.54 Å². The van der Waals surface area contributed by atoms with Crippen LogP contribution in [-0.4, -0.2) is 12.5 Å². The zero-order valence-corrected chi connectivity index (χ0v) is 6.63. The second kappa shape index (κ2) is 6.81. The highest BCUT2D eigenvalue weighted by molar-refractivity contribution is 5.78. The smallest absolute Gasteiger partial charge is 0.234 e. The van der Waals surface area contributed by atoms with Crippen molar-refractivity contribution in [1.29, 1.82) is 5.26 Å². The van der Waals surface area contributed by atoms with E-state index in [1.54, 1.807) is 6.07 Å². The second-order valence-corrected chi connectivity index (χ2v) is 2.02. The summed E-state index contributed by atoms with van der Waals surface area (Å²) in [5.41, 5.74) is 0. The van der Waals surface area contributed by atoms with Gasteiger partial charge in [0.25, 0.3) is 0 Å². The molecule has 1 N–H and O–H groups in total. The summed E-state index contributed by atoms with van der Waals surface area (Å²) < 4.78 is 0. The molecular weight excluding hydrogens is 140 g/mol. The Bertz CT molecular complexity index is 179. The Morgan fingerprint density at radius 1 is 1.64 bits per heavy atom. The monoisotopic (exact) mass is 152 g/mol. The quantitative estimate of drug-likeness (QED) is 0.610. The molecule has 0 aliphatic heterocycles. The van der Waals surface area contributed by atoms with Gasteiger partial charge in [-0.25, -0.2) is 0 Å². The molecule has 0 saturated heterocycles. The number of nitrogens with zero attached hydrogens (tertiary/aromatic N) is 1. The molecule has 0 bridgehead atoms. The van der Waals surface area contributed by atoms with E-state index in [0.29, 0.717) is 6.54 Å². The molecule has 0 spiro atoms. The maximum Gasteiger partial charge on any atom is 0.234 e. The molecule has 0 unspecified atom stereocenters. The van der Waals surface area contributed by atoms with Crippen molar-refractivity contribution in [3.05, 3.63) is 12.2 Å². The van der Waals surface area contributed by atoms with E-state index in [-0.39, 0.29) is 12.3 Å². The summed E-state index contributed by atoms with van der Waals surface area (Å²) in [6.07, 6.45) is 4.75. The third-order valence-corrected chi connectivity index (χ3v) is 1.06. The van der Waals surface area contributed by atoms with Gasteiger partial charge in [0, 0.05) is 6.54 Å². The first-order chi connectivity index (χ1) is 5.31. The van der Waals surface area contributed by atoms with Crippen molar-refractivity contribution >= 4 is 5.91 Å². The molecule has 0 aromatic rings. The highest BCUT2D eigenvalue weighted by Crippen LogP contribution is 1.79. The van der Waals surface area contributed by atoms with Gasteiger partial charge in [-0.05, 0) is 6.42 Å². The van der Waals surface area contributed by atoms with Crippen LogP contribution < -0.4 is 5.32 Å². The number of nitriles is 1. The molecule has 0 aliphatic carbocycles. The minimum Gasteiger partial charge on any atom is -0.352 e. The minimum absolute atomic E-state index is 0.0556. The number of hydrogen-bond donors (Lipinski definition) is 1. The highest BCUT2D eigenvalue weighted by atomic mass is 16.1. The third-order valence-electron chi connectivity index (χ3n) is 1.06. The maximum absolute atomic E-state index is 10.6. The molecule has 0 aromatic heterocycles. The summed E-state index contributed by atoms with van der Waals surface area (Å²) >= 11 is 0. The average Bonchev–Trinajstić information content (AvgIpc) is 1.99. The van der Waals surface area contributed by atoms with Crippen molar-refractivity contribution in [3.63, 3.8) is 0 Å². The molecule has 60 valence electrons. The zero-order valence-electron chi connectivity index (χ0n) is 6.63. The van der Waals surface area contributed by atoms with Crippen LogP contribution in [0.1, 0.15) is 19.8 Å². The van der Waals surface area contributed by atoms with Crippen LogP contribution in [0.15, 0.2) is 12.2 Å². The lowest BCUT2D eigenvalue weighted by molar-refractivity contribution is -0.119. The summed E-state index contributed by atoms with van der Waals surface area (Å²) in [5.74, 6) is -0.215. The van der Waals surface area contributed by atoms with Gasteiger partial charge in [0.05, 0.1) is 6.07 Å². The van der Waals surface area contributed by atoms with E-state index in [9.17, 15) is 4.79 Å². The highest BCUT2D eigenvalue weighted by Gasteiger charge is 1.94. The topological polar surface area (TPSA) is 52.9 Å². The van der Waals surface area contributed by atoms with Crippen LogP contribution in [-0.2, 0) is 4.79 Å². The van der Waals surface area contributed by atoms with E-state index < -0.39 is 0 Å². The van der Waals surface area contributed by atoms with E-state index >= 15 is 0 Å². The number of hydrogen-bond acceptors (Lipinski definition) is 2. The van der Waals surface area contributed by atoms with Crippen LogP contribution in [0.3, 0.4) is 0 Å². The van der Waals surface area contributed by atoms with Crippen LogP contribution in [0.5, 0.6) is 0 Å². The first kappa shape index (κ1) is 9.70. The van der Waals surface area contributed by atoms with E-state index in [0.717, 1.165) is 6.42 Å². The maximum atomic E-state index is 10.6. The second-order valence-electron chi connectivity index (χ2n) is 2.02. The van der Waals surface area contributed by atoms with Gasteiger partial charge in [-0.15, -0.1) is 0 Å². The molecule has 0 heterocycles. The Balaban J connectivity index is 3.33. The fourth-order valence-electron chi connectivity index (χ4n) is 0.557. The van der Waals surface area contributed by atoms with E-state index in [1.807, 2.05) is 19.1 Å². The molecule has 0 aromatic carbocycles. The Hall–Kier alpha value is -1.30. The van der Waals surface area contributed by atoms with Crippen molar-refractivity contribution in [3.8, 4) is 6.07 Å². The predicted molar refractivity (Wildman–Crippen MR) is 42.7 cm³/mol. The van der Waals surface area contributed by atoms with Crippen LogP contribution in [0, 0.1) is 11.3 Å². The fraction of sp³-hybridized carbons (Fsp3) is 0.500. The summed E-state index contributed by atoms with van der Waals surface area (Å²) in [6.45, 7) is 2.54. The average molecular weight is 152 g/mol.